The van der Waals surface area contributed by atoms with E-state index >= 15 is 0 Å². The first-order chi connectivity index (χ1) is 14.2. The standard InChI is InChI=1S/C23H19N3O3/c1-15-8-3-4-10-18(15)25-23-17(22(27)26-20-12-5-6-13-24-20)14-16-9-7-11-19(28-2)21(16)29-23/h3-14H,1-2H3,(H,24,26,27). The number of aryl methyl sites for hydroxylation is 1. The van der Waals surface area contributed by atoms with Crippen molar-refractivity contribution in [3.05, 3.63) is 89.6 Å². The lowest BCUT2D eigenvalue weighted by Gasteiger charge is -2.08. The van der Waals surface area contributed by atoms with Gasteiger partial charge in [-0.2, -0.15) is 0 Å². The van der Waals surface area contributed by atoms with Gasteiger partial charge in [-0.05, 0) is 42.8 Å². The third-order valence-corrected chi connectivity index (χ3v) is 4.45. The van der Waals surface area contributed by atoms with Crippen molar-refractivity contribution in [1.82, 2.24) is 4.98 Å². The molecule has 6 nitrogen and oxygen atoms in total. The normalized spacial score (nSPS) is 11.4. The zero-order valence-electron chi connectivity index (χ0n) is 16.0. The molecule has 0 bridgehead atoms. The smallest absolute Gasteiger partial charge is 0.262 e. The van der Waals surface area contributed by atoms with E-state index in [9.17, 15) is 4.79 Å². The lowest BCUT2D eigenvalue weighted by molar-refractivity contribution is 0.102. The molecule has 29 heavy (non-hydrogen) atoms. The number of amides is 1. The minimum Gasteiger partial charge on any atom is -0.493 e. The van der Waals surface area contributed by atoms with E-state index < -0.39 is 0 Å². The van der Waals surface area contributed by atoms with Crippen LogP contribution in [0.15, 0.2) is 82.3 Å². The molecule has 0 saturated carbocycles. The second-order valence-electron chi connectivity index (χ2n) is 6.41. The lowest BCUT2D eigenvalue weighted by atomic mass is 10.1. The number of rotatable bonds is 4. The summed E-state index contributed by atoms with van der Waals surface area (Å²) in [6.45, 7) is 1.95. The summed E-state index contributed by atoms with van der Waals surface area (Å²) in [6, 6.07) is 20.2. The van der Waals surface area contributed by atoms with Gasteiger partial charge in [-0.1, -0.05) is 36.4 Å². The predicted molar refractivity (Wildman–Crippen MR) is 111 cm³/mol. The maximum absolute atomic E-state index is 13.0. The zero-order valence-corrected chi connectivity index (χ0v) is 16.0. The van der Waals surface area contributed by atoms with Crippen LogP contribution in [-0.2, 0) is 0 Å². The van der Waals surface area contributed by atoms with E-state index in [1.54, 1.807) is 43.6 Å². The largest absolute Gasteiger partial charge is 0.493 e. The van der Waals surface area contributed by atoms with Gasteiger partial charge in [-0.15, -0.1) is 0 Å². The molecule has 2 aromatic carbocycles. The summed E-state index contributed by atoms with van der Waals surface area (Å²) >= 11 is 0. The Morgan fingerprint density at radius 2 is 1.90 bits per heavy atom. The van der Waals surface area contributed by atoms with Crippen molar-refractivity contribution in [2.24, 2.45) is 4.99 Å². The number of methoxy groups -OCH3 is 1. The number of hydrogen-bond acceptors (Lipinski definition) is 5. The molecule has 144 valence electrons. The molecule has 2 heterocycles. The molecule has 0 unspecified atom stereocenters. The molecule has 0 radical (unpaired) electrons. The second-order valence-corrected chi connectivity index (χ2v) is 6.41. The van der Waals surface area contributed by atoms with Crippen LogP contribution in [0.4, 0.5) is 11.5 Å². The molecule has 1 N–H and O–H groups in total. The fourth-order valence-electron chi connectivity index (χ4n) is 2.95. The van der Waals surface area contributed by atoms with Gasteiger partial charge in [0.25, 0.3) is 5.91 Å². The Balaban J connectivity index is 1.92. The highest BCUT2D eigenvalue weighted by Gasteiger charge is 2.15. The van der Waals surface area contributed by atoms with Crippen LogP contribution in [0, 0.1) is 6.92 Å². The first kappa shape index (κ1) is 18.4. The molecule has 0 spiro atoms. The Labute approximate surface area is 167 Å². The van der Waals surface area contributed by atoms with Gasteiger partial charge in [0.05, 0.1) is 12.8 Å². The third-order valence-electron chi connectivity index (χ3n) is 4.45. The number of carbonyl (C=O) groups excluding carboxylic acids is 1. The Morgan fingerprint density at radius 3 is 2.66 bits per heavy atom. The Kier molecular flexibility index (Phi) is 5.07. The average Bonchev–Trinajstić information content (AvgIpc) is 2.75. The van der Waals surface area contributed by atoms with Gasteiger partial charge in [-0.25, -0.2) is 9.98 Å². The number of nitrogens with one attached hydrogen (secondary N) is 1. The molecule has 0 aliphatic carbocycles. The molecule has 6 heteroatoms. The molecule has 2 aromatic heterocycles. The van der Waals surface area contributed by atoms with Crippen molar-refractivity contribution in [2.75, 3.05) is 12.4 Å². The van der Waals surface area contributed by atoms with E-state index in [0.29, 0.717) is 22.7 Å². The quantitative estimate of drug-likeness (QED) is 0.556. The van der Waals surface area contributed by atoms with Gasteiger partial charge in [0.2, 0.25) is 5.55 Å². The van der Waals surface area contributed by atoms with Crippen molar-refractivity contribution < 1.29 is 13.9 Å². The third kappa shape index (κ3) is 3.87. The van der Waals surface area contributed by atoms with Gasteiger partial charge in [-0.3, -0.25) is 4.79 Å². The number of carbonyl (C=O) groups is 1. The van der Waals surface area contributed by atoms with Crippen LogP contribution >= 0.6 is 0 Å². The highest BCUT2D eigenvalue weighted by Crippen LogP contribution is 2.25. The molecule has 0 saturated heterocycles. The number of aromatic nitrogens is 1. The molecule has 1 amide bonds. The van der Waals surface area contributed by atoms with Crippen LogP contribution in [0.2, 0.25) is 0 Å². The summed E-state index contributed by atoms with van der Waals surface area (Å²) < 4.78 is 11.5. The molecule has 4 rings (SSSR count). The van der Waals surface area contributed by atoms with Crippen molar-refractivity contribution >= 4 is 28.4 Å². The SMILES string of the molecule is COc1cccc2cc(C(=O)Nc3ccccn3)c(=Nc3ccccc3C)oc12. The van der Waals surface area contributed by atoms with Gasteiger partial charge in [0.1, 0.15) is 11.4 Å². The summed E-state index contributed by atoms with van der Waals surface area (Å²) in [7, 11) is 1.57. The van der Waals surface area contributed by atoms with Gasteiger partial charge in [0.15, 0.2) is 11.3 Å². The Bertz CT molecular complexity index is 1250. The van der Waals surface area contributed by atoms with Crippen LogP contribution < -0.4 is 15.6 Å². The van der Waals surface area contributed by atoms with Crippen molar-refractivity contribution in [2.45, 2.75) is 6.92 Å². The van der Waals surface area contributed by atoms with Crippen LogP contribution in [0.1, 0.15) is 15.9 Å². The summed E-state index contributed by atoms with van der Waals surface area (Å²) in [5, 5.41) is 3.53. The zero-order chi connectivity index (χ0) is 20.2. The molecule has 0 atom stereocenters. The summed E-state index contributed by atoms with van der Waals surface area (Å²) in [5.74, 6) is 0.662. The van der Waals surface area contributed by atoms with Crippen LogP contribution in [0.25, 0.3) is 11.0 Å². The van der Waals surface area contributed by atoms with E-state index in [1.807, 2.05) is 43.3 Å². The molecular weight excluding hydrogens is 366 g/mol. The molecule has 0 aliphatic rings. The molecule has 0 aliphatic heterocycles. The fraction of sp³-hybridized carbons (Fsp3) is 0.0870. The highest BCUT2D eigenvalue weighted by atomic mass is 16.5. The number of anilines is 1. The minimum atomic E-state index is -0.357. The Hall–Kier alpha value is -3.93. The average molecular weight is 385 g/mol. The number of fused-ring (bicyclic) bond motifs is 1. The highest BCUT2D eigenvalue weighted by molar-refractivity contribution is 6.05. The monoisotopic (exact) mass is 385 g/mol. The van der Waals surface area contributed by atoms with E-state index in [2.05, 4.69) is 15.3 Å². The van der Waals surface area contributed by atoms with Crippen LogP contribution in [0.5, 0.6) is 5.75 Å². The minimum absolute atomic E-state index is 0.199. The number of ether oxygens (including phenoxy) is 1. The number of hydrogen-bond donors (Lipinski definition) is 1. The number of pyridine rings is 1. The van der Waals surface area contributed by atoms with Crippen molar-refractivity contribution in [3.8, 4) is 5.75 Å². The molecule has 0 fully saturated rings. The molecular formula is C23H19N3O3. The van der Waals surface area contributed by atoms with Gasteiger partial charge in [0, 0.05) is 11.6 Å². The van der Waals surface area contributed by atoms with E-state index in [0.717, 1.165) is 16.6 Å². The first-order valence-corrected chi connectivity index (χ1v) is 9.09. The van der Waals surface area contributed by atoms with E-state index in [4.69, 9.17) is 9.15 Å². The van der Waals surface area contributed by atoms with Crippen LogP contribution in [-0.4, -0.2) is 18.0 Å². The predicted octanol–water partition coefficient (Wildman–Crippen LogP) is 4.63. The van der Waals surface area contributed by atoms with Crippen molar-refractivity contribution in [1.29, 1.82) is 0 Å². The maximum Gasteiger partial charge on any atom is 0.262 e. The Morgan fingerprint density at radius 1 is 1.07 bits per heavy atom. The summed E-state index contributed by atoms with van der Waals surface area (Å²) in [4.78, 5) is 21.8. The second kappa shape index (κ2) is 7.98. The summed E-state index contributed by atoms with van der Waals surface area (Å²) in [5.41, 5.74) is 2.72. The van der Waals surface area contributed by atoms with E-state index in [-0.39, 0.29) is 11.5 Å². The fourth-order valence-corrected chi connectivity index (χ4v) is 2.95. The maximum atomic E-state index is 13.0. The van der Waals surface area contributed by atoms with Gasteiger partial charge < -0.3 is 14.5 Å². The first-order valence-electron chi connectivity index (χ1n) is 9.09. The van der Waals surface area contributed by atoms with Gasteiger partial charge >= 0.3 is 0 Å². The lowest BCUT2D eigenvalue weighted by Crippen LogP contribution is -2.22. The van der Waals surface area contributed by atoms with E-state index in [1.165, 1.54) is 0 Å². The number of nitrogens with zero attached hydrogens (tertiary/aromatic N) is 2. The van der Waals surface area contributed by atoms with Crippen LogP contribution in [0.3, 0.4) is 0 Å². The summed E-state index contributed by atoms with van der Waals surface area (Å²) in [6.07, 6.45) is 1.61. The number of benzene rings is 2. The number of para-hydroxylation sites is 2. The van der Waals surface area contributed by atoms with Crippen molar-refractivity contribution in [3.63, 3.8) is 0 Å². The topological polar surface area (TPSA) is 76.7 Å². The molecule has 4 aromatic rings.